The standard InChI is InChI=1S/C32H40N6O3/c1-23(39)33-16-19-38(4)20-17-34-32(40)26-8-6-24(7-9-26)27-12-15-29-30(22-27)36-31(35-29)25-10-13-28(14-11-25)41-21-5-18-37(2)3/h6-15,22H,5,16-21H2,1-4H3,(H,33,39)(H,34,40)(H,35,36). The molecule has 0 atom stereocenters. The number of hydrogen-bond acceptors (Lipinski definition) is 6. The second-order valence-corrected chi connectivity index (χ2v) is 10.5. The lowest BCUT2D eigenvalue weighted by atomic mass is 10.0. The zero-order valence-corrected chi connectivity index (χ0v) is 24.4. The van der Waals surface area contributed by atoms with Crippen molar-refractivity contribution in [1.29, 1.82) is 0 Å². The molecule has 41 heavy (non-hydrogen) atoms. The van der Waals surface area contributed by atoms with Gasteiger partial charge in [-0.15, -0.1) is 0 Å². The number of carbonyl (C=O) groups excluding carboxylic acids is 2. The van der Waals surface area contributed by atoms with Gasteiger partial charge in [0.15, 0.2) is 0 Å². The fraction of sp³-hybridized carbons (Fsp3) is 0.344. The molecule has 0 fully saturated rings. The molecule has 1 aromatic heterocycles. The summed E-state index contributed by atoms with van der Waals surface area (Å²) in [5.74, 6) is 1.52. The van der Waals surface area contributed by atoms with E-state index in [0.717, 1.165) is 58.8 Å². The van der Waals surface area contributed by atoms with Crippen molar-refractivity contribution in [2.45, 2.75) is 13.3 Å². The Balaban J connectivity index is 1.32. The monoisotopic (exact) mass is 556 g/mol. The molecule has 4 aromatic rings. The third kappa shape index (κ3) is 8.89. The normalized spacial score (nSPS) is 11.3. The van der Waals surface area contributed by atoms with Crippen LogP contribution in [0.15, 0.2) is 66.7 Å². The third-order valence-electron chi connectivity index (χ3n) is 6.76. The Morgan fingerprint density at radius 3 is 2.17 bits per heavy atom. The summed E-state index contributed by atoms with van der Waals surface area (Å²) in [4.78, 5) is 36.0. The number of amides is 2. The Morgan fingerprint density at radius 1 is 0.829 bits per heavy atom. The second kappa shape index (κ2) is 14.4. The second-order valence-electron chi connectivity index (χ2n) is 10.5. The number of aromatic nitrogens is 2. The Morgan fingerprint density at radius 2 is 1.49 bits per heavy atom. The van der Waals surface area contributed by atoms with Crippen molar-refractivity contribution < 1.29 is 14.3 Å². The van der Waals surface area contributed by atoms with Crippen LogP contribution >= 0.6 is 0 Å². The SMILES string of the molecule is CC(=O)NCCN(C)CCNC(=O)c1ccc(-c2ccc3[nH]c(-c4ccc(OCCCN(C)C)cc4)nc3c2)cc1. The van der Waals surface area contributed by atoms with E-state index in [1.54, 1.807) is 0 Å². The zero-order chi connectivity index (χ0) is 29.2. The van der Waals surface area contributed by atoms with Gasteiger partial charge in [-0.3, -0.25) is 9.59 Å². The minimum absolute atomic E-state index is 0.0391. The molecule has 0 aliphatic heterocycles. The number of rotatable bonds is 14. The number of carbonyl (C=O) groups is 2. The van der Waals surface area contributed by atoms with E-state index < -0.39 is 0 Å². The molecule has 0 aliphatic carbocycles. The summed E-state index contributed by atoms with van der Waals surface area (Å²) in [5, 5.41) is 5.73. The molecular weight excluding hydrogens is 516 g/mol. The van der Waals surface area contributed by atoms with Gasteiger partial charge in [-0.1, -0.05) is 18.2 Å². The first kappa shape index (κ1) is 29.8. The van der Waals surface area contributed by atoms with Crippen LogP contribution < -0.4 is 15.4 Å². The van der Waals surface area contributed by atoms with Crippen LogP contribution in [0.25, 0.3) is 33.5 Å². The van der Waals surface area contributed by atoms with E-state index in [9.17, 15) is 9.59 Å². The number of nitrogens with zero attached hydrogens (tertiary/aromatic N) is 3. The molecule has 0 radical (unpaired) electrons. The maximum absolute atomic E-state index is 12.6. The average Bonchev–Trinajstić information content (AvgIpc) is 3.39. The quantitative estimate of drug-likeness (QED) is 0.203. The van der Waals surface area contributed by atoms with E-state index in [4.69, 9.17) is 9.72 Å². The van der Waals surface area contributed by atoms with E-state index in [2.05, 4.69) is 51.6 Å². The minimum Gasteiger partial charge on any atom is -0.494 e. The number of aromatic amines is 1. The van der Waals surface area contributed by atoms with Gasteiger partial charge in [0.25, 0.3) is 5.91 Å². The van der Waals surface area contributed by atoms with Crippen molar-refractivity contribution in [3.05, 3.63) is 72.3 Å². The van der Waals surface area contributed by atoms with Crippen LogP contribution in [0.1, 0.15) is 23.7 Å². The molecule has 3 aromatic carbocycles. The summed E-state index contributed by atoms with van der Waals surface area (Å²) >= 11 is 0. The van der Waals surface area contributed by atoms with Crippen molar-refractivity contribution in [2.24, 2.45) is 0 Å². The molecule has 3 N–H and O–H groups in total. The molecule has 0 unspecified atom stereocenters. The summed E-state index contributed by atoms with van der Waals surface area (Å²) in [6, 6.07) is 21.8. The third-order valence-corrected chi connectivity index (χ3v) is 6.76. The number of fused-ring (bicyclic) bond motifs is 1. The highest BCUT2D eigenvalue weighted by Gasteiger charge is 2.10. The molecule has 4 rings (SSSR count). The van der Waals surface area contributed by atoms with Crippen molar-refractivity contribution in [2.75, 3.05) is 60.5 Å². The Bertz CT molecular complexity index is 1430. The fourth-order valence-electron chi connectivity index (χ4n) is 4.41. The average molecular weight is 557 g/mol. The van der Waals surface area contributed by atoms with Crippen LogP contribution in [0.5, 0.6) is 5.75 Å². The van der Waals surface area contributed by atoms with Gasteiger partial charge in [0.2, 0.25) is 5.91 Å². The molecule has 9 heteroatoms. The number of likely N-dealkylation sites (N-methyl/N-ethyl adjacent to an activating group) is 1. The number of ether oxygens (including phenoxy) is 1. The van der Waals surface area contributed by atoms with Gasteiger partial charge < -0.3 is 30.2 Å². The van der Waals surface area contributed by atoms with E-state index in [1.165, 1.54) is 6.92 Å². The van der Waals surface area contributed by atoms with Crippen molar-refractivity contribution in [3.8, 4) is 28.3 Å². The number of hydrogen-bond donors (Lipinski definition) is 3. The van der Waals surface area contributed by atoms with Crippen LogP contribution in [0.4, 0.5) is 0 Å². The largest absolute Gasteiger partial charge is 0.494 e. The Labute approximate surface area is 241 Å². The highest BCUT2D eigenvalue weighted by molar-refractivity contribution is 5.95. The van der Waals surface area contributed by atoms with Crippen LogP contribution in [0.2, 0.25) is 0 Å². The van der Waals surface area contributed by atoms with Gasteiger partial charge in [0, 0.05) is 50.8 Å². The Hall–Kier alpha value is -4.21. The molecule has 0 bridgehead atoms. The first-order valence-corrected chi connectivity index (χ1v) is 14.0. The molecule has 2 amide bonds. The number of benzene rings is 3. The van der Waals surface area contributed by atoms with Crippen LogP contribution in [-0.4, -0.2) is 92.1 Å². The van der Waals surface area contributed by atoms with Gasteiger partial charge in [-0.25, -0.2) is 4.98 Å². The van der Waals surface area contributed by atoms with E-state index >= 15 is 0 Å². The predicted molar refractivity (Wildman–Crippen MR) is 164 cm³/mol. The van der Waals surface area contributed by atoms with Crippen molar-refractivity contribution in [3.63, 3.8) is 0 Å². The molecule has 1 heterocycles. The minimum atomic E-state index is -0.107. The Kier molecular flexibility index (Phi) is 10.5. The molecule has 216 valence electrons. The summed E-state index contributed by atoms with van der Waals surface area (Å²) in [7, 11) is 6.08. The van der Waals surface area contributed by atoms with E-state index in [0.29, 0.717) is 31.8 Å². The lowest BCUT2D eigenvalue weighted by Gasteiger charge is -2.17. The summed E-state index contributed by atoms with van der Waals surface area (Å²) in [6.07, 6.45) is 0.984. The molecule has 0 aliphatic rings. The van der Waals surface area contributed by atoms with Gasteiger partial charge in [-0.05, 0) is 87.2 Å². The molecule has 0 spiro atoms. The van der Waals surface area contributed by atoms with E-state index in [-0.39, 0.29) is 11.8 Å². The first-order valence-electron chi connectivity index (χ1n) is 14.0. The van der Waals surface area contributed by atoms with Crippen LogP contribution in [0.3, 0.4) is 0 Å². The van der Waals surface area contributed by atoms with Gasteiger partial charge in [0.05, 0.1) is 17.6 Å². The molecule has 0 saturated heterocycles. The summed E-state index contributed by atoms with van der Waals surface area (Å²) < 4.78 is 5.85. The zero-order valence-electron chi connectivity index (χ0n) is 24.4. The van der Waals surface area contributed by atoms with Gasteiger partial charge >= 0.3 is 0 Å². The van der Waals surface area contributed by atoms with Crippen molar-refractivity contribution in [1.82, 2.24) is 30.4 Å². The van der Waals surface area contributed by atoms with Gasteiger partial charge in [0.1, 0.15) is 11.6 Å². The van der Waals surface area contributed by atoms with Gasteiger partial charge in [-0.2, -0.15) is 0 Å². The smallest absolute Gasteiger partial charge is 0.251 e. The summed E-state index contributed by atoms with van der Waals surface area (Å²) in [6.45, 7) is 5.74. The summed E-state index contributed by atoms with van der Waals surface area (Å²) in [5.41, 5.74) is 5.50. The predicted octanol–water partition coefficient (Wildman–Crippen LogP) is 4.03. The highest BCUT2D eigenvalue weighted by Crippen LogP contribution is 2.27. The maximum atomic E-state index is 12.6. The topological polar surface area (TPSA) is 103 Å². The fourth-order valence-corrected chi connectivity index (χ4v) is 4.41. The lowest BCUT2D eigenvalue weighted by molar-refractivity contribution is -0.119. The van der Waals surface area contributed by atoms with Crippen molar-refractivity contribution >= 4 is 22.8 Å². The van der Waals surface area contributed by atoms with Crippen LogP contribution in [0, 0.1) is 0 Å². The van der Waals surface area contributed by atoms with Crippen LogP contribution in [-0.2, 0) is 4.79 Å². The molecular formula is C32H40N6O3. The van der Waals surface area contributed by atoms with E-state index in [1.807, 2.05) is 61.6 Å². The molecule has 0 saturated carbocycles. The first-order chi connectivity index (χ1) is 19.8. The number of imidazole rings is 1. The number of H-pyrrole nitrogens is 1. The number of nitrogens with one attached hydrogen (secondary N) is 3. The maximum Gasteiger partial charge on any atom is 0.251 e. The lowest BCUT2D eigenvalue weighted by Crippen LogP contribution is -2.37. The molecule has 9 nitrogen and oxygen atoms in total. The highest BCUT2D eigenvalue weighted by atomic mass is 16.5.